The van der Waals surface area contributed by atoms with Gasteiger partial charge in [0.25, 0.3) is 0 Å². The van der Waals surface area contributed by atoms with Crippen LogP contribution in [-0.2, 0) is 32.7 Å². The first-order valence-electron chi connectivity index (χ1n) is 6.40. The predicted octanol–water partition coefficient (Wildman–Crippen LogP) is 5.45. The van der Waals surface area contributed by atoms with Gasteiger partial charge >= 0.3 is 0 Å². The number of benzene rings is 1. The van der Waals surface area contributed by atoms with Crippen LogP contribution < -0.4 is 0 Å². The van der Waals surface area contributed by atoms with E-state index in [9.17, 15) is 0 Å². The van der Waals surface area contributed by atoms with E-state index >= 15 is 0 Å². The minimum Gasteiger partial charge on any atom is -0.250 e. The van der Waals surface area contributed by atoms with E-state index in [0.29, 0.717) is 12.0 Å². The van der Waals surface area contributed by atoms with Crippen LogP contribution in [0.3, 0.4) is 0 Å². The smallest absolute Gasteiger partial charge is 0.0991 e. The topological polar surface area (TPSA) is 54.5 Å². The molecule has 1 aromatic heterocycles. The molecule has 1 aromatic carbocycles. The molecule has 127 valence electrons. The Hall–Kier alpha value is -1.05. The first kappa shape index (κ1) is 29.9. The molecule has 1 radical (unpaired) electrons. The predicted molar refractivity (Wildman–Crippen MR) is 95.8 cm³/mol. The molecule has 0 N–H and O–H groups in total. The molecule has 23 heavy (non-hydrogen) atoms. The van der Waals surface area contributed by atoms with Crippen molar-refractivity contribution in [3.63, 3.8) is 0 Å². The zero-order chi connectivity index (χ0) is 14.3. The van der Waals surface area contributed by atoms with E-state index in [1.807, 2.05) is 30.5 Å². The van der Waals surface area contributed by atoms with E-state index in [4.69, 9.17) is 5.26 Å². The summed E-state index contributed by atoms with van der Waals surface area (Å²) in [5.74, 6) is 0.503. The van der Waals surface area contributed by atoms with Gasteiger partial charge in [-0.05, 0) is 37.5 Å². The van der Waals surface area contributed by atoms with Gasteiger partial charge in [-0.2, -0.15) is 5.26 Å². The van der Waals surface area contributed by atoms with Gasteiger partial charge in [0, 0.05) is 44.9 Å². The summed E-state index contributed by atoms with van der Waals surface area (Å²) in [6.45, 7) is 8.37. The second kappa shape index (κ2) is 15.8. The third-order valence-electron chi connectivity index (χ3n) is 2.65. The van der Waals surface area contributed by atoms with Gasteiger partial charge in [-0.25, -0.2) is 0 Å². The Labute approximate surface area is 168 Å². The summed E-state index contributed by atoms with van der Waals surface area (Å²) in [6, 6.07) is 10.3. The molecule has 5 heteroatoms. The molecule has 0 unspecified atom stereocenters. The van der Waals surface area contributed by atoms with E-state index in [0.717, 1.165) is 5.56 Å². The van der Waals surface area contributed by atoms with E-state index in [2.05, 4.69) is 44.1 Å². The molecule has 0 amide bonds. The maximum absolute atomic E-state index is 8.59. The fraction of sp³-hybridized carbons (Fsp3) is 0.500. The van der Waals surface area contributed by atoms with E-state index in [-0.39, 0.29) is 55.0 Å². The molecular weight excluding hydrogens is 361 g/mol. The fourth-order valence-electron chi connectivity index (χ4n) is 1.46. The molecule has 2 aromatic rings. The van der Waals surface area contributed by atoms with Crippen LogP contribution in [0, 0.1) is 11.3 Å². The molecule has 0 saturated heterocycles. The Bertz CT molecular complexity index is 528. The van der Waals surface area contributed by atoms with Crippen molar-refractivity contribution in [3.05, 3.63) is 47.8 Å². The van der Waals surface area contributed by atoms with Gasteiger partial charge in [-0.3, -0.25) is 4.68 Å². The summed E-state index contributed by atoms with van der Waals surface area (Å²) in [5.41, 5.74) is 1.97. The summed E-state index contributed by atoms with van der Waals surface area (Å²) >= 11 is 0. The van der Waals surface area contributed by atoms with Crippen molar-refractivity contribution in [2.24, 2.45) is 0 Å². The van der Waals surface area contributed by atoms with Crippen LogP contribution in [0.2, 0.25) is 0 Å². The van der Waals surface area contributed by atoms with Crippen LogP contribution in [0.15, 0.2) is 36.7 Å². The molecular formula is C18H32N4Y. The number of hydrogen-bond acceptors (Lipinski definition) is 3. The summed E-state index contributed by atoms with van der Waals surface area (Å²) < 4.78 is 1.81. The van der Waals surface area contributed by atoms with Crippen LogP contribution in [0.1, 0.15) is 73.1 Å². The van der Waals surface area contributed by atoms with E-state index < -0.39 is 0 Å². The van der Waals surface area contributed by atoms with E-state index in [1.165, 1.54) is 5.56 Å². The zero-order valence-electron chi connectivity index (χ0n) is 12.5. The Kier molecular flexibility index (Phi) is 20.6. The molecule has 2 rings (SSSR count). The average molecular weight is 393 g/mol. The van der Waals surface area contributed by atoms with Crippen molar-refractivity contribution in [2.45, 2.75) is 61.9 Å². The van der Waals surface area contributed by atoms with Gasteiger partial charge in [-0.15, -0.1) is 5.10 Å². The number of nitriles is 1. The molecule has 1 heterocycles. The van der Waals surface area contributed by atoms with Crippen molar-refractivity contribution in [1.29, 1.82) is 5.26 Å². The summed E-state index contributed by atoms with van der Waals surface area (Å²) in [7, 11) is 0. The molecule has 0 fully saturated rings. The van der Waals surface area contributed by atoms with Gasteiger partial charge < -0.3 is 0 Å². The minimum absolute atomic E-state index is 0. The van der Waals surface area contributed by atoms with Crippen LogP contribution in [0.25, 0.3) is 0 Å². The van der Waals surface area contributed by atoms with Crippen molar-refractivity contribution >= 4 is 0 Å². The fourth-order valence-corrected chi connectivity index (χ4v) is 1.46. The SMILES string of the molecule is C.C.C.CC(C)c1cccc(C#N)c1.CC(C)n1ccnn1.[Y]. The largest absolute Gasteiger partial charge is 0.250 e. The Morgan fingerprint density at radius 3 is 2.04 bits per heavy atom. The van der Waals surface area contributed by atoms with Gasteiger partial charge in [0.15, 0.2) is 0 Å². The molecule has 0 aliphatic carbocycles. The monoisotopic (exact) mass is 393 g/mol. The first-order chi connectivity index (χ1) is 9.04. The molecule has 0 saturated carbocycles. The molecule has 0 bridgehead atoms. The maximum atomic E-state index is 8.59. The summed E-state index contributed by atoms with van der Waals surface area (Å²) in [4.78, 5) is 0. The first-order valence-corrected chi connectivity index (χ1v) is 6.40. The van der Waals surface area contributed by atoms with Crippen molar-refractivity contribution in [1.82, 2.24) is 15.0 Å². The van der Waals surface area contributed by atoms with Gasteiger partial charge in [0.1, 0.15) is 0 Å². The third kappa shape index (κ3) is 11.2. The van der Waals surface area contributed by atoms with Crippen molar-refractivity contribution in [2.75, 3.05) is 0 Å². The Morgan fingerprint density at radius 2 is 1.70 bits per heavy atom. The molecule has 0 spiro atoms. The van der Waals surface area contributed by atoms with Gasteiger partial charge in [-0.1, -0.05) is 53.5 Å². The second-order valence-electron chi connectivity index (χ2n) is 4.87. The Balaban J connectivity index is -0.000000138. The number of hydrogen-bond donors (Lipinski definition) is 0. The normalized spacial score (nSPS) is 8.22. The van der Waals surface area contributed by atoms with Gasteiger partial charge in [0.05, 0.1) is 17.8 Å². The summed E-state index contributed by atoms with van der Waals surface area (Å²) in [6.07, 6.45) is 3.53. The van der Waals surface area contributed by atoms with Crippen molar-refractivity contribution in [3.8, 4) is 6.07 Å². The quantitative estimate of drug-likeness (QED) is 0.682. The standard InChI is InChI=1S/C10H11N.C5H9N3.3CH4.Y/c1-8(2)10-5-3-4-9(6-10)7-11;1-5(2)8-4-3-6-7-8;;;;/h3-6,8H,1-2H3;3-5H,1-2H3;3*1H4;. The average Bonchev–Trinajstić information content (AvgIpc) is 2.93. The van der Waals surface area contributed by atoms with Gasteiger partial charge in [0.2, 0.25) is 0 Å². The zero-order valence-corrected chi connectivity index (χ0v) is 15.3. The van der Waals surface area contributed by atoms with Crippen LogP contribution in [0.4, 0.5) is 0 Å². The molecule has 0 aliphatic heterocycles. The van der Waals surface area contributed by atoms with Crippen LogP contribution in [-0.4, -0.2) is 15.0 Å². The van der Waals surface area contributed by atoms with Crippen LogP contribution in [0.5, 0.6) is 0 Å². The number of rotatable bonds is 2. The minimum atomic E-state index is 0. The van der Waals surface area contributed by atoms with Crippen molar-refractivity contribution < 1.29 is 32.7 Å². The molecule has 0 aliphatic rings. The Morgan fingerprint density at radius 1 is 1.09 bits per heavy atom. The molecule has 4 nitrogen and oxygen atoms in total. The van der Waals surface area contributed by atoms with Crippen LogP contribution >= 0.6 is 0 Å². The molecule has 0 atom stereocenters. The van der Waals surface area contributed by atoms with E-state index in [1.54, 1.807) is 10.9 Å². The summed E-state index contributed by atoms with van der Waals surface area (Å²) in [5, 5.41) is 16.0. The third-order valence-corrected chi connectivity index (χ3v) is 2.65. The second-order valence-corrected chi connectivity index (χ2v) is 4.87. The maximum Gasteiger partial charge on any atom is 0.0991 e. The number of aromatic nitrogens is 3. The number of nitrogens with zero attached hydrogens (tertiary/aromatic N) is 4.